The summed E-state index contributed by atoms with van der Waals surface area (Å²) in [5, 5.41) is 3.08. The Morgan fingerprint density at radius 2 is 1.59 bits per heavy atom. The fourth-order valence-corrected chi connectivity index (χ4v) is 3.41. The third kappa shape index (κ3) is 4.52. The summed E-state index contributed by atoms with van der Waals surface area (Å²) < 4.78 is 5.90. The molecule has 0 aliphatic rings. The molecule has 0 N–H and O–H groups in total. The predicted octanol–water partition coefficient (Wildman–Crippen LogP) is 7.08. The van der Waals surface area contributed by atoms with Gasteiger partial charge >= 0.3 is 0 Å². The second-order valence-corrected chi connectivity index (χ2v) is 7.15. The normalized spacial score (nSPS) is 11.0. The Morgan fingerprint density at radius 3 is 2.41 bits per heavy atom. The highest BCUT2D eigenvalue weighted by atomic mass is 32.1. The van der Waals surface area contributed by atoms with Gasteiger partial charge in [0, 0.05) is 10.9 Å². The summed E-state index contributed by atoms with van der Waals surface area (Å²) in [7, 11) is 0. The van der Waals surface area contributed by atoms with Gasteiger partial charge in [-0.25, -0.2) is 4.98 Å². The molecule has 3 aromatic carbocycles. The van der Waals surface area contributed by atoms with Crippen LogP contribution in [0.3, 0.4) is 0 Å². The number of thiazole rings is 1. The van der Waals surface area contributed by atoms with E-state index in [2.05, 4.69) is 48.7 Å². The van der Waals surface area contributed by atoms with E-state index in [0.29, 0.717) is 0 Å². The molecule has 3 heteroatoms. The number of rotatable bonds is 5. The summed E-state index contributed by atoms with van der Waals surface area (Å²) in [5.74, 6) is 1.66. The second-order valence-electron chi connectivity index (χ2n) is 6.26. The molecule has 0 amide bonds. The van der Waals surface area contributed by atoms with Gasteiger partial charge in [-0.3, -0.25) is 0 Å². The largest absolute Gasteiger partial charge is 0.457 e. The maximum atomic E-state index is 5.90. The zero-order chi connectivity index (χ0) is 18.5. The summed E-state index contributed by atoms with van der Waals surface area (Å²) in [4.78, 5) is 4.72. The quantitative estimate of drug-likeness (QED) is 0.375. The van der Waals surface area contributed by atoms with Crippen LogP contribution in [-0.4, -0.2) is 4.98 Å². The zero-order valence-corrected chi connectivity index (χ0v) is 15.8. The number of aromatic nitrogens is 1. The molecule has 27 heavy (non-hydrogen) atoms. The van der Waals surface area contributed by atoms with Gasteiger partial charge in [0.15, 0.2) is 0 Å². The molecule has 0 saturated heterocycles. The van der Waals surface area contributed by atoms with Gasteiger partial charge in [-0.05, 0) is 42.8 Å². The summed E-state index contributed by atoms with van der Waals surface area (Å²) in [6.07, 6.45) is 4.11. The molecule has 2 nitrogen and oxygen atoms in total. The first kappa shape index (κ1) is 17.3. The number of aryl methyl sites for hydroxylation is 1. The molecule has 1 heterocycles. The van der Waals surface area contributed by atoms with E-state index >= 15 is 0 Å². The first-order valence-electron chi connectivity index (χ1n) is 8.80. The summed E-state index contributed by atoms with van der Waals surface area (Å²) in [5.41, 5.74) is 4.50. The maximum Gasteiger partial charge on any atom is 0.128 e. The lowest BCUT2D eigenvalue weighted by atomic mass is 10.1. The third-order valence-corrected chi connectivity index (χ3v) is 4.93. The Labute approximate surface area is 163 Å². The van der Waals surface area contributed by atoms with Gasteiger partial charge in [0.1, 0.15) is 16.5 Å². The number of para-hydroxylation sites is 1. The van der Waals surface area contributed by atoms with Gasteiger partial charge in [0.2, 0.25) is 0 Å². The van der Waals surface area contributed by atoms with Gasteiger partial charge in [-0.1, -0.05) is 66.2 Å². The van der Waals surface area contributed by atoms with Crippen molar-refractivity contribution in [3.63, 3.8) is 0 Å². The van der Waals surface area contributed by atoms with E-state index in [1.54, 1.807) is 11.3 Å². The third-order valence-electron chi connectivity index (χ3n) is 4.12. The van der Waals surface area contributed by atoms with Crippen LogP contribution in [0.25, 0.3) is 23.4 Å². The Kier molecular flexibility index (Phi) is 5.13. The molecule has 0 spiro atoms. The number of benzene rings is 3. The molecule has 0 radical (unpaired) electrons. The van der Waals surface area contributed by atoms with Gasteiger partial charge in [-0.15, -0.1) is 11.3 Å². The molecule has 0 fully saturated rings. The fourth-order valence-electron chi connectivity index (χ4n) is 2.69. The molecule has 0 aliphatic heterocycles. The van der Waals surface area contributed by atoms with Crippen molar-refractivity contribution in [3.05, 3.63) is 100 Å². The lowest BCUT2D eigenvalue weighted by molar-refractivity contribution is 0.482. The average Bonchev–Trinajstić information content (AvgIpc) is 3.17. The van der Waals surface area contributed by atoms with Gasteiger partial charge < -0.3 is 4.74 Å². The number of hydrogen-bond donors (Lipinski definition) is 0. The highest BCUT2D eigenvalue weighted by Crippen LogP contribution is 2.25. The van der Waals surface area contributed by atoms with Crippen molar-refractivity contribution in [3.8, 4) is 22.8 Å². The van der Waals surface area contributed by atoms with E-state index in [4.69, 9.17) is 9.72 Å². The van der Waals surface area contributed by atoms with Crippen LogP contribution in [0.1, 0.15) is 16.1 Å². The van der Waals surface area contributed by atoms with Crippen molar-refractivity contribution in [1.82, 2.24) is 4.98 Å². The van der Waals surface area contributed by atoms with Crippen LogP contribution in [0.5, 0.6) is 11.5 Å². The minimum Gasteiger partial charge on any atom is -0.457 e. The Bertz CT molecular complexity index is 1050. The van der Waals surface area contributed by atoms with Crippen LogP contribution in [0, 0.1) is 6.92 Å². The van der Waals surface area contributed by atoms with E-state index in [0.717, 1.165) is 33.3 Å². The molecule has 4 aromatic rings. The minimum atomic E-state index is 0.822. The van der Waals surface area contributed by atoms with E-state index in [-0.39, 0.29) is 0 Å². The monoisotopic (exact) mass is 369 g/mol. The first-order valence-corrected chi connectivity index (χ1v) is 9.68. The molecule has 0 aliphatic carbocycles. The molecular weight excluding hydrogens is 350 g/mol. The molecule has 0 saturated carbocycles. The summed E-state index contributed by atoms with van der Waals surface area (Å²) in [6.45, 7) is 2.09. The van der Waals surface area contributed by atoms with Crippen LogP contribution in [0.4, 0.5) is 0 Å². The van der Waals surface area contributed by atoms with Crippen molar-refractivity contribution in [2.45, 2.75) is 6.92 Å². The van der Waals surface area contributed by atoms with Crippen molar-refractivity contribution < 1.29 is 4.74 Å². The fraction of sp³-hybridized carbons (Fsp3) is 0.0417. The molecular formula is C24H19NOS. The van der Waals surface area contributed by atoms with E-state index in [1.807, 2.05) is 54.6 Å². The van der Waals surface area contributed by atoms with E-state index in [1.165, 1.54) is 5.56 Å². The van der Waals surface area contributed by atoms with Crippen LogP contribution in [0.2, 0.25) is 0 Å². The minimum absolute atomic E-state index is 0.822. The van der Waals surface area contributed by atoms with Crippen molar-refractivity contribution in [2.75, 3.05) is 0 Å². The summed E-state index contributed by atoms with van der Waals surface area (Å²) >= 11 is 1.65. The van der Waals surface area contributed by atoms with Crippen LogP contribution >= 0.6 is 11.3 Å². The second kappa shape index (κ2) is 8.02. The zero-order valence-electron chi connectivity index (χ0n) is 15.0. The van der Waals surface area contributed by atoms with E-state index in [9.17, 15) is 0 Å². The molecule has 0 bridgehead atoms. The SMILES string of the molecule is Cc1ccc(-c2csc(/C=C/c3cccc(Oc4ccccc4)c3)n2)cc1. The van der Waals surface area contributed by atoms with Crippen LogP contribution in [0.15, 0.2) is 84.2 Å². The van der Waals surface area contributed by atoms with E-state index < -0.39 is 0 Å². The Morgan fingerprint density at radius 1 is 0.815 bits per heavy atom. The molecule has 4 rings (SSSR count). The topological polar surface area (TPSA) is 22.1 Å². The standard InChI is InChI=1S/C24H19NOS/c1-18-10-13-20(14-11-18)23-17-27-24(25-23)15-12-19-6-5-9-22(16-19)26-21-7-3-2-4-8-21/h2-17H,1H3/b15-12+. The number of nitrogens with zero attached hydrogens (tertiary/aromatic N) is 1. The van der Waals surface area contributed by atoms with Crippen molar-refractivity contribution in [2.24, 2.45) is 0 Å². The van der Waals surface area contributed by atoms with Gasteiger partial charge in [-0.2, -0.15) is 0 Å². The highest BCUT2D eigenvalue weighted by molar-refractivity contribution is 7.10. The average molecular weight is 369 g/mol. The van der Waals surface area contributed by atoms with Crippen molar-refractivity contribution >= 4 is 23.5 Å². The molecule has 132 valence electrons. The van der Waals surface area contributed by atoms with Crippen LogP contribution < -0.4 is 4.74 Å². The Balaban J connectivity index is 1.48. The first-order chi connectivity index (χ1) is 13.3. The number of hydrogen-bond acceptors (Lipinski definition) is 3. The molecule has 1 aromatic heterocycles. The highest BCUT2D eigenvalue weighted by Gasteiger charge is 2.03. The maximum absolute atomic E-state index is 5.90. The Hall–Kier alpha value is -3.17. The smallest absolute Gasteiger partial charge is 0.128 e. The lowest BCUT2D eigenvalue weighted by Crippen LogP contribution is -1.84. The summed E-state index contributed by atoms with van der Waals surface area (Å²) in [6, 6.07) is 26.3. The molecule has 0 unspecified atom stereocenters. The number of ether oxygens (including phenoxy) is 1. The van der Waals surface area contributed by atoms with Crippen molar-refractivity contribution in [1.29, 1.82) is 0 Å². The van der Waals surface area contributed by atoms with Gasteiger partial charge in [0.25, 0.3) is 0 Å². The van der Waals surface area contributed by atoms with Gasteiger partial charge in [0.05, 0.1) is 5.69 Å². The molecule has 0 atom stereocenters. The van der Waals surface area contributed by atoms with Crippen LogP contribution in [-0.2, 0) is 0 Å². The predicted molar refractivity (Wildman–Crippen MR) is 114 cm³/mol. The lowest BCUT2D eigenvalue weighted by Gasteiger charge is -2.05.